The molecule has 0 aliphatic heterocycles. The van der Waals surface area contributed by atoms with Crippen LogP contribution in [0.5, 0.6) is 0 Å². The van der Waals surface area contributed by atoms with Crippen molar-refractivity contribution >= 4 is 17.3 Å². The predicted molar refractivity (Wildman–Crippen MR) is 51.3 cm³/mol. The maximum absolute atomic E-state index is 10.8. The number of nitrogens with two attached hydrogens (primary N) is 1. The minimum absolute atomic E-state index is 0.176. The minimum atomic E-state index is -0.992. The summed E-state index contributed by atoms with van der Waals surface area (Å²) in [7, 11) is 0. The van der Waals surface area contributed by atoms with Gasteiger partial charge in [-0.3, -0.25) is 0 Å². The van der Waals surface area contributed by atoms with Crippen molar-refractivity contribution in [3.05, 3.63) is 29.5 Å². The van der Waals surface area contributed by atoms with E-state index in [0.717, 1.165) is 5.56 Å². The summed E-state index contributed by atoms with van der Waals surface area (Å²) < 4.78 is 1.43. The number of rotatable bonds is 1. The third-order valence-electron chi connectivity index (χ3n) is 2.12. The average Bonchev–Trinajstić information content (AvgIpc) is 2.56. The van der Waals surface area contributed by atoms with Gasteiger partial charge in [-0.25, -0.2) is 9.31 Å². The molecule has 0 bridgehead atoms. The van der Waals surface area contributed by atoms with Crippen LogP contribution in [0.3, 0.4) is 0 Å². The molecule has 0 aliphatic carbocycles. The molecular formula is C9H9N3O2. The molecule has 3 N–H and O–H groups in total. The number of pyridine rings is 1. The van der Waals surface area contributed by atoms with Crippen molar-refractivity contribution in [1.82, 2.24) is 9.61 Å². The van der Waals surface area contributed by atoms with Crippen LogP contribution in [-0.2, 0) is 0 Å². The van der Waals surface area contributed by atoms with E-state index in [2.05, 4.69) is 5.10 Å². The number of fused-ring (bicyclic) bond motifs is 1. The van der Waals surface area contributed by atoms with Crippen LogP contribution >= 0.6 is 0 Å². The Morgan fingerprint density at radius 1 is 1.57 bits per heavy atom. The molecule has 0 spiro atoms. The number of hydrogen-bond donors (Lipinski definition) is 2. The van der Waals surface area contributed by atoms with Gasteiger partial charge in [-0.05, 0) is 18.6 Å². The molecule has 0 fully saturated rings. The first kappa shape index (κ1) is 8.55. The van der Waals surface area contributed by atoms with Gasteiger partial charge in [0.1, 0.15) is 11.4 Å². The van der Waals surface area contributed by atoms with E-state index in [9.17, 15) is 4.79 Å². The van der Waals surface area contributed by atoms with Crippen molar-refractivity contribution in [3.8, 4) is 0 Å². The maximum atomic E-state index is 10.8. The van der Waals surface area contributed by atoms with Crippen molar-refractivity contribution in [2.24, 2.45) is 0 Å². The lowest BCUT2D eigenvalue weighted by molar-refractivity contribution is 0.0699. The summed E-state index contributed by atoms with van der Waals surface area (Å²) in [6.07, 6.45) is 1.31. The number of nitrogen functional groups attached to an aromatic ring is 1. The summed E-state index contributed by atoms with van der Waals surface area (Å²) in [5.74, 6) is -0.563. The second kappa shape index (κ2) is 2.73. The fourth-order valence-electron chi connectivity index (χ4n) is 1.44. The van der Waals surface area contributed by atoms with Gasteiger partial charge in [0, 0.05) is 0 Å². The third kappa shape index (κ3) is 1.02. The first-order valence-electron chi connectivity index (χ1n) is 4.07. The standard InChI is InChI=1S/C9H9N3O2/c1-5-2-3-7(10)12-8(5)6(4-11-12)9(13)14/h2-4H,10H2,1H3,(H,13,14). The van der Waals surface area contributed by atoms with Crippen molar-refractivity contribution in [2.75, 3.05) is 5.73 Å². The molecule has 0 atom stereocenters. The molecule has 2 heterocycles. The SMILES string of the molecule is Cc1ccc(N)n2ncc(C(=O)O)c12. The van der Waals surface area contributed by atoms with E-state index in [1.54, 1.807) is 12.1 Å². The molecule has 5 nitrogen and oxygen atoms in total. The van der Waals surface area contributed by atoms with Gasteiger partial charge < -0.3 is 10.8 Å². The Balaban J connectivity index is 2.90. The maximum Gasteiger partial charge on any atom is 0.339 e. The monoisotopic (exact) mass is 191 g/mol. The first-order valence-corrected chi connectivity index (χ1v) is 4.07. The molecule has 0 unspecified atom stereocenters. The van der Waals surface area contributed by atoms with Gasteiger partial charge in [-0.2, -0.15) is 5.10 Å². The van der Waals surface area contributed by atoms with Crippen LogP contribution in [0, 0.1) is 6.92 Å². The van der Waals surface area contributed by atoms with Gasteiger partial charge >= 0.3 is 5.97 Å². The Hall–Kier alpha value is -2.04. The van der Waals surface area contributed by atoms with Crippen molar-refractivity contribution < 1.29 is 9.90 Å². The van der Waals surface area contributed by atoms with E-state index in [0.29, 0.717) is 11.3 Å². The largest absolute Gasteiger partial charge is 0.478 e. The van der Waals surface area contributed by atoms with Crippen LogP contribution in [-0.4, -0.2) is 20.7 Å². The van der Waals surface area contributed by atoms with E-state index < -0.39 is 5.97 Å². The predicted octanol–water partition coefficient (Wildman–Crippen LogP) is 0.923. The van der Waals surface area contributed by atoms with E-state index in [-0.39, 0.29) is 5.56 Å². The van der Waals surface area contributed by atoms with Gasteiger partial charge in [0.2, 0.25) is 0 Å². The lowest BCUT2D eigenvalue weighted by Gasteiger charge is -2.02. The highest BCUT2D eigenvalue weighted by molar-refractivity contribution is 5.96. The summed E-state index contributed by atoms with van der Waals surface area (Å²) in [6.45, 7) is 1.82. The summed E-state index contributed by atoms with van der Waals surface area (Å²) in [5, 5.41) is 12.8. The fourth-order valence-corrected chi connectivity index (χ4v) is 1.44. The number of nitrogens with zero attached hydrogens (tertiary/aromatic N) is 2. The van der Waals surface area contributed by atoms with E-state index >= 15 is 0 Å². The number of aryl methyl sites for hydroxylation is 1. The topological polar surface area (TPSA) is 80.6 Å². The zero-order valence-electron chi connectivity index (χ0n) is 7.56. The Labute approximate surface area is 79.8 Å². The average molecular weight is 191 g/mol. The second-order valence-corrected chi connectivity index (χ2v) is 3.07. The number of carboxylic acid groups (broad SMARTS) is 1. The third-order valence-corrected chi connectivity index (χ3v) is 2.12. The summed E-state index contributed by atoms with van der Waals surface area (Å²) in [4.78, 5) is 10.8. The van der Waals surface area contributed by atoms with Crippen LogP contribution < -0.4 is 5.73 Å². The van der Waals surface area contributed by atoms with E-state index in [1.165, 1.54) is 10.7 Å². The number of hydrogen-bond acceptors (Lipinski definition) is 3. The van der Waals surface area contributed by atoms with Crippen LogP contribution in [0.25, 0.3) is 5.52 Å². The quantitative estimate of drug-likeness (QED) is 0.702. The highest BCUT2D eigenvalue weighted by Gasteiger charge is 2.13. The fraction of sp³-hybridized carbons (Fsp3) is 0.111. The van der Waals surface area contributed by atoms with Gasteiger partial charge in [-0.15, -0.1) is 0 Å². The second-order valence-electron chi connectivity index (χ2n) is 3.07. The highest BCUT2D eigenvalue weighted by Crippen LogP contribution is 2.18. The van der Waals surface area contributed by atoms with Crippen molar-refractivity contribution in [1.29, 1.82) is 0 Å². The number of carboxylic acids is 1. The Bertz CT molecular complexity index is 516. The lowest BCUT2D eigenvalue weighted by Crippen LogP contribution is -2.01. The van der Waals surface area contributed by atoms with Crippen LogP contribution in [0.4, 0.5) is 5.82 Å². The molecule has 5 heteroatoms. The van der Waals surface area contributed by atoms with E-state index in [1.807, 2.05) is 6.92 Å². The Morgan fingerprint density at radius 3 is 2.93 bits per heavy atom. The minimum Gasteiger partial charge on any atom is -0.478 e. The van der Waals surface area contributed by atoms with Gasteiger partial charge in [0.05, 0.1) is 11.7 Å². The summed E-state index contributed by atoms with van der Waals surface area (Å²) in [6, 6.07) is 3.47. The number of aromatic nitrogens is 2. The zero-order chi connectivity index (χ0) is 10.3. The zero-order valence-corrected chi connectivity index (χ0v) is 7.56. The van der Waals surface area contributed by atoms with Crippen LogP contribution in [0.1, 0.15) is 15.9 Å². The molecule has 0 radical (unpaired) electrons. The molecule has 2 aromatic rings. The molecule has 2 aromatic heterocycles. The molecule has 0 aliphatic rings. The van der Waals surface area contributed by atoms with Crippen molar-refractivity contribution in [3.63, 3.8) is 0 Å². The number of anilines is 1. The Kier molecular flexibility index (Phi) is 1.67. The molecule has 2 rings (SSSR count). The summed E-state index contributed by atoms with van der Waals surface area (Å²) in [5.41, 5.74) is 7.22. The summed E-state index contributed by atoms with van der Waals surface area (Å²) >= 11 is 0. The smallest absolute Gasteiger partial charge is 0.339 e. The molecule has 0 saturated heterocycles. The van der Waals surface area contributed by atoms with Crippen LogP contribution in [0.2, 0.25) is 0 Å². The van der Waals surface area contributed by atoms with Gasteiger partial charge in [0.25, 0.3) is 0 Å². The van der Waals surface area contributed by atoms with Crippen molar-refractivity contribution in [2.45, 2.75) is 6.92 Å². The molecule has 0 saturated carbocycles. The molecule has 14 heavy (non-hydrogen) atoms. The molecule has 0 aromatic carbocycles. The molecular weight excluding hydrogens is 182 g/mol. The van der Waals surface area contributed by atoms with Gasteiger partial charge in [-0.1, -0.05) is 6.07 Å². The first-order chi connectivity index (χ1) is 6.61. The molecule has 0 amide bonds. The lowest BCUT2D eigenvalue weighted by atomic mass is 10.2. The number of aromatic carboxylic acids is 1. The highest BCUT2D eigenvalue weighted by atomic mass is 16.4. The number of carbonyl (C=O) groups is 1. The van der Waals surface area contributed by atoms with Crippen LogP contribution in [0.15, 0.2) is 18.3 Å². The normalized spacial score (nSPS) is 10.6. The van der Waals surface area contributed by atoms with Gasteiger partial charge in [0.15, 0.2) is 0 Å². The molecule has 72 valence electrons. The Morgan fingerprint density at radius 2 is 2.29 bits per heavy atom. The van der Waals surface area contributed by atoms with E-state index in [4.69, 9.17) is 10.8 Å².